The van der Waals surface area contributed by atoms with E-state index in [2.05, 4.69) is 15.1 Å². The Morgan fingerprint density at radius 2 is 1.73 bits per heavy atom. The van der Waals surface area contributed by atoms with E-state index in [-0.39, 0.29) is 0 Å². The summed E-state index contributed by atoms with van der Waals surface area (Å²) in [5, 5.41) is 5.21. The first-order chi connectivity index (χ1) is 12.6. The molecule has 0 aliphatic carbocycles. The number of nitrogens with two attached hydrogens (primary N) is 2. The molecule has 2 aromatic carbocycles. The van der Waals surface area contributed by atoms with Gasteiger partial charge in [-0.1, -0.05) is 42.5 Å². The third-order valence-electron chi connectivity index (χ3n) is 4.07. The fourth-order valence-electron chi connectivity index (χ4n) is 2.73. The number of fused-ring (bicyclic) bond motifs is 1. The lowest BCUT2D eigenvalue weighted by molar-refractivity contribution is 0.100. The van der Waals surface area contributed by atoms with Crippen LogP contribution in [-0.2, 0) is 6.54 Å². The maximum Gasteiger partial charge on any atom is 0.248 e. The van der Waals surface area contributed by atoms with Crippen LogP contribution in [0.25, 0.3) is 22.4 Å². The zero-order valence-corrected chi connectivity index (χ0v) is 13.8. The van der Waals surface area contributed by atoms with Gasteiger partial charge in [0, 0.05) is 17.3 Å². The zero-order chi connectivity index (χ0) is 18.1. The summed E-state index contributed by atoms with van der Waals surface area (Å²) in [7, 11) is 0. The van der Waals surface area contributed by atoms with Crippen LogP contribution in [0.15, 0.2) is 60.8 Å². The molecule has 0 atom stereocenters. The van der Waals surface area contributed by atoms with Crippen LogP contribution in [0.2, 0.25) is 0 Å². The maximum atomic E-state index is 11.1. The molecule has 26 heavy (non-hydrogen) atoms. The van der Waals surface area contributed by atoms with Crippen LogP contribution in [0, 0.1) is 0 Å². The van der Waals surface area contributed by atoms with Crippen molar-refractivity contribution in [2.75, 3.05) is 5.73 Å². The summed E-state index contributed by atoms with van der Waals surface area (Å²) in [6.45, 7) is 0.523. The van der Waals surface area contributed by atoms with Gasteiger partial charge in [-0.05, 0) is 17.7 Å². The average molecular weight is 344 g/mol. The van der Waals surface area contributed by atoms with Gasteiger partial charge in [0.1, 0.15) is 5.82 Å². The van der Waals surface area contributed by atoms with Gasteiger partial charge in [-0.3, -0.25) is 9.48 Å². The molecule has 2 aromatic heterocycles. The monoisotopic (exact) mass is 344 g/mol. The number of hydrogen-bond donors (Lipinski definition) is 2. The van der Waals surface area contributed by atoms with Crippen LogP contribution in [0.3, 0.4) is 0 Å². The summed E-state index contributed by atoms with van der Waals surface area (Å²) in [5.41, 5.74) is 14.3. The molecule has 4 rings (SSSR count). The van der Waals surface area contributed by atoms with E-state index in [1.54, 1.807) is 16.8 Å². The number of amides is 1. The van der Waals surface area contributed by atoms with Crippen molar-refractivity contribution in [3.63, 3.8) is 0 Å². The molecule has 4 N–H and O–H groups in total. The Kier molecular flexibility index (Phi) is 3.81. The molecular formula is C19H16N6O. The van der Waals surface area contributed by atoms with Gasteiger partial charge in [0.15, 0.2) is 11.5 Å². The number of hydrogen-bond acceptors (Lipinski definition) is 5. The topological polar surface area (TPSA) is 113 Å². The van der Waals surface area contributed by atoms with Gasteiger partial charge in [0.25, 0.3) is 0 Å². The van der Waals surface area contributed by atoms with E-state index in [0.717, 1.165) is 11.1 Å². The second-order valence-electron chi connectivity index (χ2n) is 5.92. The summed E-state index contributed by atoms with van der Waals surface area (Å²) < 4.78 is 1.75. The van der Waals surface area contributed by atoms with Crippen LogP contribution in [-0.4, -0.2) is 25.7 Å². The maximum absolute atomic E-state index is 11.1. The molecule has 0 spiro atoms. The Hall–Kier alpha value is -3.74. The van der Waals surface area contributed by atoms with Crippen molar-refractivity contribution in [3.05, 3.63) is 71.9 Å². The smallest absolute Gasteiger partial charge is 0.248 e. The summed E-state index contributed by atoms with van der Waals surface area (Å²) >= 11 is 0. The van der Waals surface area contributed by atoms with Crippen LogP contribution in [0.4, 0.5) is 5.82 Å². The summed E-state index contributed by atoms with van der Waals surface area (Å²) in [4.78, 5) is 20.1. The number of benzene rings is 2. The van der Waals surface area contributed by atoms with Crippen molar-refractivity contribution in [1.82, 2.24) is 19.7 Å². The lowest BCUT2D eigenvalue weighted by atomic mass is 10.1. The van der Waals surface area contributed by atoms with Crippen LogP contribution < -0.4 is 11.5 Å². The van der Waals surface area contributed by atoms with Gasteiger partial charge >= 0.3 is 0 Å². The number of carbonyl (C=O) groups is 1. The largest absolute Gasteiger partial charge is 0.383 e. The number of rotatable bonds is 4. The first-order valence-electron chi connectivity index (χ1n) is 8.05. The van der Waals surface area contributed by atoms with Gasteiger partial charge < -0.3 is 11.5 Å². The second-order valence-corrected chi connectivity index (χ2v) is 5.92. The van der Waals surface area contributed by atoms with Gasteiger partial charge in [-0.25, -0.2) is 9.97 Å². The van der Waals surface area contributed by atoms with Gasteiger partial charge in [0.05, 0.1) is 11.9 Å². The number of carbonyl (C=O) groups excluding carboxylic acids is 1. The highest BCUT2D eigenvalue weighted by Crippen LogP contribution is 2.22. The van der Waals surface area contributed by atoms with Crippen LogP contribution >= 0.6 is 0 Å². The Morgan fingerprint density at radius 3 is 2.42 bits per heavy atom. The van der Waals surface area contributed by atoms with E-state index in [9.17, 15) is 4.79 Å². The molecule has 0 aliphatic rings. The van der Waals surface area contributed by atoms with Crippen molar-refractivity contribution in [2.24, 2.45) is 5.73 Å². The highest BCUT2D eigenvalue weighted by atomic mass is 16.1. The lowest BCUT2D eigenvalue weighted by Crippen LogP contribution is -2.10. The Bertz CT molecular complexity index is 1090. The quantitative estimate of drug-likeness (QED) is 0.589. The molecule has 2 heterocycles. The molecule has 7 nitrogen and oxygen atoms in total. The van der Waals surface area contributed by atoms with Crippen LogP contribution in [0.5, 0.6) is 0 Å². The van der Waals surface area contributed by atoms with Crippen molar-refractivity contribution in [2.45, 2.75) is 6.54 Å². The van der Waals surface area contributed by atoms with Crippen molar-refractivity contribution in [1.29, 1.82) is 0 Å². The summed E-state index contributed by atoms with van der Waals surface area (Å²) in [6.07, 6.45) is 1.82. The van der Waals surface area contributed by atoms with Crippen molar-refractivity contribution in [3.8, 4) is 11.4 Å². The SMILES string of the molecule is NC(=O)c1ccc(Cn2cc3c(N)nc(-c4ccccc4)nc3n2)cc1. The molecule has 0 aliphatic heterocycles. The van der Waals surface area contributed by atoms with Crippen LogP contribution in [0.1, 0.15) is 15.9 Å². The molecule has 7 heteroatoms. The van der Waals surface area contributed by atoms with Gasteiger partial charge in [-0.2, -0.15) is 5.10 Å². The molecule has 128 valence electrons. The number of aromatic nitrogens is 4. The standard InChI is InChI=1S/C19H16N6O/c20-16-15-11-25(10-12-6-8-13(9-7-12)17(21)26)24-19(15)23-18(22-16)14-4-2-1-3-5-14/h1-9,11H,10H2,(H2,21,26)(H2,20,22,23,24). The third-order valence-corrected chi connectivity index (χ3v) is 4.07. The van der Waals surface area contributed by atoms with Crippen molar-refractivity contribution < 1.29 is 4.79 Å². The molecule has 4 aromatic rings. The minimum absolute atomic E-state index is 0.393. The normalized spacial score (nSPS) is 10.9. The first kappa shape index (κ1) is 15.8. The molecule has 0 saturated heterocycles. The highest BCUT2D eigenvalue weighted by Gasteiger charge is 2.11. The predicted octanol–water partition coefficient (Wildman–Crippen LogP) is 2.22. The molecule has 0 fully saturated rings. The number of anilines is 1. The van der Waals surface area contributed by atoms with E-state index in [0.29, 0.717) is 34.8 Å². The molecule has 1 amide bonds. The second kappa shape index (κ2) is 6.29. The third kappa shape index (κ3) is 2.98. The summed E-state index contributed by atoms with van der Waals surface area (Å²) in [6, 6.07) is 16.7. The van der Waals surface area contributed by atoms with Gasteiger partial charge in [-0.15, -0.1) is 0 Å². The first-order valence-corrected chi connectivity index (χ1v) is 8.05. The van der Waals surface area contributed by atoms with E-state index < -0.39 is 5.91 Å². The Labute approximate surface area is 149 Å². The fourth-order valence-corrected chi connectivity index (χ4v) is 2.73. The molecule has 0 radical (unpaired) electrons. The molecule has 0 bridgehead atoms. The lowest BCUT2D eigenvalue weighted by Gasteiger charge is -2.02. The fraction of sp³-hybridized carbons (Fsp3) is 0.0526. The predicted molar refractivity (Wildman–Crippen MR) is 99.2 cm³/mol. The molecule has 0 saturated carbocycles. The minimum atomic E-state index is -0.446. The number of nitrogen functional groups attached to an aromatic ring is 1. The van der Waals surface area contributed by atoms with E-state index in [4.69, 9.17) is 11.5 Å². The average Bonchev–Trinajstić information content (AvgIpc) is 3.06. The summed E-state index contributed by atoms with van der Waals surface area (Å²) in [5.74, 6) is 0.494. The molecule has 0 unspecified atom stereocenters. The number of primary amides is 1. The Morgan fingerprint density at radius 1 is 1.00 bits per heavy atom. The Balaban J connectivity index is 1.67. The highest BCUT2D eigenvalue weighted by molar-refractivity contribution is 5.92. The zero-order valence-electron chi connectivity index (χ0n) is 13.8. The van der Waals surface area contributed by atoms with Crippen molar-refractivity contribution >= 4 is 22.8 Å². The minimum Gasteiger partial charge on any atom is -0.383 e. The van der Waals surface area contributed by atoms with E-state index >= 15 is 0 Å². The van der Waals surface area contributed by atoms with E-state index in [1.807, 2.05) is 48.7 Å². The van der Waals surface area contributed by atoms with E-state index in [1.165, 1.54) is 0 Å². The number of nitrogens with zero attached hydrogens (tertiary/aromatic N) is 4. The van der Waals surface area contributed by atoms with Gasteiger partial charge in [0.2, 0.25) is 5.91 Å². The molecular weight excluding hydrogens is 328 g/mol.